The lowest BCUT2D eigenvalue weighted by molar-refractivity contribution is -0.123. The second kappa shape index (κ2) is 9.64. The molecule has 2 aromatic rings. The fraction of sp³-hybridized carbons (Fsp3) is 0.480. The summed E-state index contributed by atoms with van der Waals surface area (Å²) in [5.41, 5.74) is -0.372. The van der Waals surface area contributed by atoms with Crippen LogP contribution in [0.2, 0.25) is 0 Å². The summed E-state index contributed by atoms with van der Waals surface area (Å²) in [6.45, 7) is 16.3. The van der Waals surface area contributed by atoms with Gasteiger partial charge in [0.25, 0.3) is 5.91 Å². The third-order valence-corrected chi connectivity index (χ3v) is 5.26. The smallest absolute Gasteiger partial charge is 0.255 e. The molecule has 1 aromatic heterocycles. The standard InChI is InChI=1S/C25H28FN3O4/c1-7-16-20(29-23(30)22(16)26)13-32-24-18-11-21(33-14(2)3)19(27-6)10-17(18)15(12-28-24)8-9-25(4,5)31/h10-12,14,16,20,22,31H,7,13H2,1-5H3,(H,29,30)/t16-,20+,22-/m0/s1. The summed E-state index contributed by atoms with van der Waals surface area (Å²) in [6, 6.07) is 2.87. The Labute approximate surface area is 193 Å². The fourth-order valence-corrected chi connectivity index (χ4v) is 3.69. The molecule has 174 valence electrons. The number of halogens is 1. The van der Waals surface area contributed by atoms with E-state index in [9.17, 15) is 14.3 Å². The molecule has 33 heavy (non-hydrogen) atoms. The van der Waals surface area contributed by atoms with E-state index in [1.165, 1.54) is 6.20 Å². The largest absolute Gasteiger partial charge is 0.502 e. The number of amides is 1. The summed E-state index contributed by atoms with van der Waals surface area (Å²) >= 11 is 0. The predicted molar refractivity (Wildman–Crippen MR) is 123 cm³/mol. The van der Waals surface area contributed by atoms with Gasteiger partial charge in [0, 0.05) is 23.1 Å². The minimum atomic E-state index is -1.56. The first-order valence-corrected chi connectivity index (χ1v) is 10.9. The Morgan fingerprint density at radius 3 is 2.70 bits per heavy atom. The first-order valence-electron chi connectivity index (χ1n) is 10.9. The quantitative estimate of drug-likeness (QED) is 0.511. The number of benzene rings is 1. The molecule has 3 rings (SSSR count). The number of ether oxygens (including phenoxy) is 2. The number of nitrogens with zero attached hydrogens (tertiary/aromatic N) is 2. The van der Waals surface area contributed by atoms with Crippen molar-refractivity contribution in [1.82, 2.24) is 10.3 Å². The van der Waals surface area contributed by atoms with Crippen LogP contribution in [-0.2, 0) is 4.79 Å². The van der Waals surface area contributed by atoms with Gasteiger partial charge in [-0.2, -0.15) is 0 Å². The average molecular weight is 454 g/mol. The highest BCUT2D eigenvalue weighted by atomic mass is 19.1. The minimum absolute atomic E-state index is 0.0480. The van der Waals surface area contributed by atoms with Crippen LogP contribution in [0.5, 0.6) is 11.6 Å². The van der Waals surface area contributed by atoms with Gasteiger partial charge in [0.1, 0.15) is 18.0 Å². The van der Waals surface area contributed by atoms with E-state index in [0.29, 0.717) is 34.2 Å². The van der Waals surface area contributed by atoms with Crippen LogP contribution in [0.3, 0.4) is 0 Å². The average Bonchev–Trinajstić information content (AvgIpc) is 3.02. The van der Waals surface area contributed by atoms with Gasteiger partial charge < -0.3 is 19.9 Å². The summed E-state index contributed by atoms with van der Waals surface area (Å²) in [7, 11) is 0. The van der Waals surface area contributed by atoms with Crippen LogP contribution < -0.4 is 14.8 Å². The number of rotatable bonds is 6. The lowest BCUT2D eigenvalue weighted by atomic mass is 9.97. The van der Waals surface area contributed by atoms with Gasteiger partial charge in [-0.3, -0.25) is 4.79 Å². The second-order valence-corrected chi connectivity index (χ2v) is 8.83. The highest BCUT2D eigenvalue weighted by Crippen LogP contribution is 2.38. The van der Waals surface area contributed by atoms with E-state index in [2.05, 4.69) is 27.0 Å². The first-order chi connectivity index (χ1) is 15.5. The van der Waals surface area contributed by atoms with Crippen LogP contribution >= 0.6 is 0 Å². The van der Waals surface area contributed by atoms with Gasteiger partial charge in [-0.1, -0.05) is 18.8 Å². The molecule has 1 aliphatic heterocycles. The molecule has 0 spiro atoms. The van der Waals surface area contributed by atoms with Crippen molar-refractivity contribution in [3.05, 3.63) is 35.3 Å². The van der Waals surface area contributed by atoms with Crippen molar-refractivity contribution in [2.24, 2.45) is 5.92 Å². The number of hydrogen-bond acceptors (Lipinski definition) is 5. The fourth-order valence-electron chi connectivity index (χ4n) is 3.69. The molecule has 0 radical (unpaired) electrons. The van der Waals surface area contributed by atoms with Gasteiger partial charge >= 0.3 is 0 Å². The van der Waals surface area contributed by atoms with Crippen LogP contribution in [0.1, 0.15) is 46.6 Å². The zero-order valence-corrected chi connectivity index (χ0v) is 19.4. The highest BCUT2D eigenvalue weighted by Gasteiger charge is 2.41. The van der Waals surface area contributed by atoms with E-state index in [1.54, 1.807) is 26.0 Å². The minimum Gasteiger partial charge on any atom is -0.502 e. The van der Waals surface area contributed by atoms with Crippen molar-refractivity contribution in [2.45, 2.75) is 65.0 Å². The molecule has 3 atom stereocenters. The molecule has 7 nitrogen and oxygen atoms in total. The van der Waals surface area contributed by atoms with E-state index >= 15 is 0 Å². The number of pyridine rings is 1. The molecule has 8 heteroatoms. The molecular weight excluding hydrogens is 425 g/mol. The van der Waals surface area contributed by atoms with Crippen LogP contribution in [0.25, 0.3) is 15.6 Å². The van der Waals surface area contributed by atoms with Gasteiger partial charge in [-0.15, -0.1) is 0 Å². The molecular formula is C25H28FN3O4. The number of aliphatic hydroxyl groups is 1. The SMILES string of the molecule is [C-]#[N+]c1cc2c(C#CC(C)(C)O)cnc(OC[C@H]3NC(=O)[C@@H](F)[C@H]3CC)c2cc1OC(C)C. The van der Waals surface area contributed by atoms with Crippen LogP contribution in [0.4, 0.5) is 10.1 Å². The Morgan fingerprint density at radius 2 is 2.09 bits per heavy atom. The summed E-state index contributed by atoms with van der Waals surface area (Å²) < 4.78 is 25.9. The Morgan fingerprint density at radius 1 is 1.36 bits per heavy atom. The highest BCUT2D eigenvalue weighted by molar-refractivity contribution is 5.96. The summed E-state index contributed by atoms with van der Waals surface area (Å²) in [5.74, 6) is 5.23. The van der Waals surface area contributed by atoms with Crippen molar-refractivity contribution >= 4 is 22.4 Å². The van der Waals surface area contributed by atoms with Crippen LogP contribution in [-0.4, -0.2) is 46.5 Å². The third-order valence-electron chi connectivity index (χ3n) is 5.26. The first kappa shape index (κ1) is 24.3. The molecule has 2 heterocycles. The molecule has 0 aliphatic carbocycles. The third kappa shape index (κ3) is 5.53. The van der Waals surface area contributed by atoms with E-state index in [-0.39, 0.29) is 18.6 Å². The van der Waals surface area contributed by atoms with Gasteiger partial charge in [-0.25, -0.2) is 14.2 Å². The molecule has 1 amide bonds. The topological polar surface area (TPSA) is 85.0 Å². The molecule has 0 bridgehead atoms. The number of aromatic nitrogens is 1. The van der Waals surface area contributed by atoms with Gasteiger partial charge in [0.05, 0.1) is 18.7 Å². The number of alkyl halides is 1. The van der Waals surface area contributed by atoms with Crippen LogP contribution in [0.15, 0.2) is 18.3 Å². The number of fused-ring (bicyclic) bond motifs is 1. The molecule has 1 aliphatic rings. The molecule has 1 fully saturated rings. The van der Waals surface area contributed by atoms with E-state index < -0.39 is 29.6 Å². The summed E-state index contributed by atoms with van der Waals surface area (Å²) in [6.07, 6.45) is 0.295. The Balaban J connectivity index is 2.06. The van der Waals surface area contributed by atoms with Gasteiger partial charge in [0.2, 0.25) is 11.6 Å². The second-order valence-electron chi connectivity index (χ2n) is 8.83. The molecule has 0 saturated carbocycles. The number of nitrogens with one attached hydrogen (secondary N) is 1. The monoisotopic (exact) mass is 453 g/mol. The Kier molecular flexibility index (Phi) is 7.09. The van der Waals surface area contributed by atoms with Crippen molar-refractivity contribution in [3.8, 4) is 23.5 Å². The number of hydrogen-bond donors (Lipinski definition) is 2. The van der Waals surface area contributed by atoms with E-state index in [0.717, 1.165) is 0 Å². The normalized spacial score (nSPS) is 20.2. The maximum atomic E-state index is 14.1. The van der Waals surface area contributed by atoms with Crippen molar-refractivity contribution in [3.63, 3.8) is 0 Å². The molecule has 0 unspecified atom stereocenters. The van der Waals surface area contributed by atoms with Crippen molar-refractivity contribution in [2.75, 3.05) is 6.61 Å². The predicted octanol–water partition coefficient (Wildman–Crippen LogP) is 3.94. The molecule has 1 aromatic carbocycles. The molecule has 1 saturated heterocycles. The zero-order chi connectivity index (χ0) is 24.3. The van der Waals surface area contributed by atoms with Gasteiger partial charge in [0.15, 0.2) is 6.17 Å². The Hall–Kier alpha value is -3.36. The number of carbonyl (C=O) groups is 1. The maximum Gasteiger partial charge on any atom is 0.255 e. The Bertz CT molecular complexity index is 1150. The van der Waals surface area contributed by atoms with E-state index in [1.807, 2.05) is 20.8 Å². The number of carbonyl (C=O) groups excluding carboxylic acids is 1. The summed E-state index contributed by atoms with van der Waals surface area (Å²) in [5, 5.41) is 13.8. The van der Waals surface area contributed by atoms with Gasteiger partial charge in [-0.05, 0) is 51.6 Å². The van der Waals surface area contributed by atoms with Crippen LogP contribution in [0, 0.1) is 24.3 Å². The lowest BCUT2D eigenvalue weighted by Crippen LogP contribution is -2.34. The lowest BCUT2D eigenvalue weighted by Gasteiger charge is -2.19. The van der Waals surface area contributed by atoms with Crippen molar-refractivity contribution in [1.29, 1.82) is 0 Å². The zero-order valence-electron chi connectivity index (χ0n) is 19.4. The van der Waals surface area contributed by atoms with E-state index in [4.69, 9.17) is 16.0 Å². The maximum absolute atomic E-state index is 14.1. The molecule has 2 N–H and O–H groups in total. The van der Waals surface area contributed by atoms with Crippen molar-refractivity contribution < 1.29 is 23.8 Å². The summed E-state index contributed by atoms with van der Waals surface area (Å²) in [4.78, 5) is 19.7.